The molecular formula is C51H64N2O2. The maximum atomic E-state index is 6.44. The first-order valence-electron chi connectivity index (χ1n) is 21.4. The SMILES string of the molecule is CC(C)CCCC(C)C1CCC2C3CC=C4CC(c5ccc(Oc6ccc(N)cc6)cc5)(c5cccc(Oc6ccc(N)cc6)c5)CCC4(C)C3CCC12C. The van der Waals surface area contributed by atoms with Gasteiger partial charge in [-0.25, -0.2) is 0 Å². The number of hydrogen-bond acceptors (Lipinski definition) is 4. The van der Waals surface area contributed by atoms with Crippen LogP contribution in [0.5, 0.6) is 23.0 Å². The molecule has 0 aromatic heterocycles. The Labute approximate surface area is 331 Å². The molecule has 4 aliphatic rings. The van der Waals surface area contributed by atoms with E-state index >= 15 is 0 Å². The van der Waals surface area contributed by atoms with Crippen molar-refractivity contribution in [2.45, 2.75) is 111 Å². The van der Waals surface area contributed by atoms with Crippen LogP contribution in [0.3, 0.4) is 0 Å². The molecule has 8 unspecified atom stereocenters. The summed E-state index contributed by atoms with van der Waals surface area (Å²) in [5.41, 5.74) is 18.3. The molecule has 4 nitrogen and oxygen atoms in total. The van der Waals surface area contributed by atoms with E-state index in [1.54, 1.807) is 5.57 Å². The summed E-state index contributed by atoms with van der Waals surface area (Å²) in [4.78, 5) is 0. The van der Waals surface area contributed by atoms with Crippen LogP contribution in [-0.4, -0.2) is 0 Å². The molecule has 4 N–H and O–H groups in total. The number of anilines is 2. The highest BCUT2D eigenvalue weighted by Crippen LogP contribution is 2.69. The van der Waals surface area contributed by atoms with Crippen LogP contribution in [0, 0.1) is 46.3 Å². The molecule has 8 rings (SSSR count). The molecule has 0 bridgehead atoms. The minimum atomic E-state index is -0.175. The van der Waals surface area contributed by atoms with Gasteiger partial charge in [-0.15, -0.1) is 0 Å². The Bertz CT molecular complexity index is 1970. The predicted octanol–water partition coefficient (Wildman–Crippen LogP) is 13.8. The van der Waals surface area contributed by atoms with E-state index in [4.69, 9.17) is 20.9 Å². The van der Waals surface area contributed by atoms with E-state index in [-0.39, 0.29) is 10.8 Å². The third-order valence-electron chi connectivity index (χ3n) is 15.4. The normalized spacial score (nSPS) is 30.5. The largest absolute Gasteiger partial charge is 0.457 e. The second kappa shape index (κ2) is 15.1. The van der Waals surface area contributed by atoms with E-state index < -0.39 is 0 Å². The van der Waals surface area contributed by atoms with Gasteiger partial charge in [0, 0.05) is 16.8 Å². The van der Waals surface area contributed by atoms with E-state index in [1.165, 1.54) is 68.9 Å². The van der Waals surface area contributed by atoms with E-state index in [1.807, 2.05) is 48.5 Å². The van der Waals surface area contributed by atoms with Gasteiger partial charge in [0.25, 0.3) is 0 Å². The van der Waals surface area contributed by atoms with Gasteiger partial charge >= 0.3 is 0 Å². The lowest BCUT2D eigenvalue weighted by molar-refractivity contribution is -0.0530. The summed E-state index contributed by atoms with van der Waals surface area (Å²) in [6.45, 7) is 12.7. The zero-order chi connectivity index (χ0) is 38.4. The van der Waals surface area contributed by atoms with Gasteiger partial charge in [0.1, 0.15) is 23.0 Å². The zero-order valence-electron chi connectivity index (χ0n) is 34.0. The topological polar surface area (TPSA) is 70.5 Å². The number of allylic oxidation sites excluding steroid dienone is 2. The molecule has 0 spiro atoms. The van der Waals surface area contributed by atoms with Crippen molar-refractivity contribution in [3.63, 3.8) is 0 Å². The Morgan fingerprint density at radius 2 is 1.29 bits per heavy atom. The minimum absolute atomic E-state index is 0.175. The summed E-state index contributed by atoms with van der Waals surface area (Å²) < 4.78 is 12.7. The standard InChI is InChI=1S/C51H64N2O2/c1-34(2)8-6-9-35(3)46-26-27-47-45-25-14-38-33-51(31-30-49(38,4)48(45)28-29-50(46,47)5,36-12-19-41(20-13-36)54-42-21-15-39(52)16-22-42)37-10-7-11-44(32-37)55-43-23-17-40(53)18-24-43/h7,10-24,32,34-35,45-48H,6,8-9,25-31,33,52-53H2,1-5H3. The van der Waals surface area contributed by atoms with Gasteiger partial charge < -0.3 is 20.9 Å². The molecule has 0 amide bonds. The van der Waals surface area contributed by atoms with Crippen LogP contribution >= 0.6 is 0 Å². The second-order valence-corrected chi connectivity index (χ2v) is 18.9. The number of benzene rings is 4. The number of fused-ring (bicyclic) bond motifs is 5. The maximum absolute atomic E-state index is 6.44. The van der Waals surface area contributed by atoms with Crippen molar-refractivity contribution in [2.75, 3.05) is 11.5 Å². The summed E-state index contributed by atoms with van der Waals surface area (Å²) >= 11 is 0. The van der Waals surface area contributed by atoms with Crippen LogP contribution in [-0.2, 0) is 5.41 Å². The van der Waals surface area contributed by atoms with Gasteiger partial charge in [-0.05, 0) is 182 Å². The highest BCUT2D eigenvalue weighted by molar-refractivity contribution is 5.50. The molecule has 4 aliphatic carbocycles. The summed E-state index contributed by atoms with van der Waals surface area (Å²) in [7, 11) is 0. The number of rotatable bonds is 11. The fraction of sp³-hybridized carbons (Fsp3) is 0.490. The third kappa shape index (κ3) is 7.20. The van der Waals surface area contributed by atoms with E-state index in [0.29, 0.717) is 5.41 Å². The van der Waals surface area contributed by atoms with Crippen molar-refractivity contribution in [1.82, 2.24) is 0 Å². The quantitative estimate of drug-likeness (QED) is 0.119. The van der Waals surface area contributed by atoms with Gasteiger partial charge in [-0.2, -0.15) is 0 Å². The molecule has 4 aromatic carbocycles. The number of hydrogen-bond donors (Lipinski definition) is 2. The fourth-order valence-electron chi connectivity index (χ4n) is 12.4. The zero-order valence-corrected chi connectivity index (χ0v) is 34.0. The molecule has 8 atom stereocenters. The monoisotopic (exact) mass is 736 g/mol. The van der Waals surface area contributed by atoms with E-state index in [0.717, 1.165) is 82.7 Å². The fourth-order valence-corrected chi connectivity index (χ4v) is 12.4. The van der Waals surface area contributed by atoms with Crippen molar-refractivity contribution in [3.05, 3.63) is 120 Å². The van der Waals surface area contributed by atoms with Crippen molar-refractivity contribution < 1.29 is 9.47 Å². The lowest BCUT2D eigenvalue weighted by Gasteiger charge is -2.60. The molecule has 0 aliphatic heterocycles. The smallest absolute Gasteiger partial charge is 0.127 e. The van der Waals surface area contributed by atoms with Crippen molar-refractivity contribution in [2.24, 2.45) is 46.3 Å². The molecule has 55 heavy (non-hydrogen) atoms. The van der Waals surface area contributed by atoms with Gasteiger partial charge in [-0.1, -0.05) is 89.8 Å². The molecule has 3 saturated carbocycles. The number of nitrogens with two attached hydrogens (primary N) is 2. The predicted molar refractivity (Wildman–Crippen MR) is 229 cm³/mol. The third-order valence-corrected chi connectivity index (χ3v) is 15.4. The molecule has 0 heterocycles. The van der Waals surface area contributed by atoms with E-state index in [9.17, 15) is 0 Å². The van der Waals surface area contributed by atoms with Gasteiger partial charge in [0.2, 0.25) is 0 Å². The second-order valence-electron chi connectivity index (χ2n) is 18.9. The highest BCUT2D eigenvalue weighted by atomic mass is 16.5. The van der Waals surface area contributed by atoms with Crippen molar-refractivity contribution >= 4 is 11.4 Å². The Kier molecular flexibility index (Phi) is 10.3. The van der Waals surface area contributed by atoms with Crippen LogP contribution in [0.15, 0.2) is 109 Å². The lowest BCUT2D eigenvalue weighted by Crippen LogP contribution is -2.52. The molecular weight excluding hydrogens is 673 g/mol. The lowest BCUT2D eigenvalue weighted by atomic mass is 9.44. The minimum Gasteiger partial charge on any atom is -0.457 e. The summed E-state index contributed by atoms with van der Waals surface area (Å²) in [5.74, 6) is 8.27. The number of ether oxygens (including phenoxy) is 2. The van der Waals surface area contributed by atoms with E-state index in [2.05, 4.69) is 89.2 Å². The Morgan fingerprint density at radius 1 is 0.655 bits per heavy atom. The molecule has 4 heteroatoms. The molecule has 3 fully saturated rings. The first kappa shape index (κ1) is 37.7. The molecule has 4 aromatic rings. The summed E-state index contributed by atoms with van der Waals surface area (Å²) in [6.07, 6.45) is 17.2. The highest BCUT2D eigenvalue weighted by Gasteiger charge is 2.60. The van der Waals surface area contributed by atoms with Crippen molar-refractivity contribution in [3.8, 4) is 23.0 Å². The van der Waals surface area contributed by atoms with Crippen molar-refractivity contribution in [1.29, 1.82) is 0 Å². The van der Waals surface area contributed by atoms with Gasteiger partial charge in [0.05, 0.1) is 0 Å². The average molecular weight is 737 g/mol. The average Bonchev–Trinajstić information content (AvgIpc) is 3.54. The van der Waals surface area contributed by atoms with Crippen LogP contribution < -0.4 is 20.9 Å². The Morgan fingerprint density at radius 3 is 1.95 bits per heavy atom. The first-order valence-corrected chi connectivity index (χ1v) is 21.4. The Balaban J connectivity index is 1.09. The first-order chi connectivity index (χ1) is 26.5. The van der Waals surface area contributed by atoms with Crippen LogP contribution in [0.2, 0.25) is 0 Å². The van der Waals surface area contributed by atoms with Crippen LogP contribution in [0.25, 0.3) is 0 Å². The summed E-state index contributed by atoms with van der Waals surface area (Å²) in [6, 6.07) is 33.1. The Hall–Kier alpha value is -4.18. The van der Waals surface area contributed by atoms with Gasteiger partial charge in [-0.3, -0.25) is 0 Å². The summed E-state index contributed by atoms with van der Waals surface area (Å²) in [5, 5.41) is 0. The van der Waals surface area contributed by atoms with Crippen LogP contribution in [0.4, 0.5) is 11.4 Å². The van der Waals surface area contributed by atoms with Crippen LogP contribution in [0.1, 0.15) is 116 Å². The van der Waals surface area contributed by atoms with Gasteiger partial charge in [0.15, 0.2) is 0 Å². The molecule has 0 saturated heterocycles. The molecule has 0 radical (unpaired) electrons. The maximum Gasteiger partial charge on any atom is 0.127 e. The number of nitrogen functional groups attached to an aromatic ring is 2. The molecule has 290 valence electrons.